The van der Waals surface area contributed by atoms with Gasteiger partial charge in [0.1, 0.15) is 0 Å². The molecule has 0 radical (unpaired) electrons. The number of aliphatic hydroxyl groups excluding tert-OH is 1. The Morgan fingerprint density at radius 2 is 2.23 bits per heavy atom. The van der Waals surface area contributed by atoms with E-state index in [4.69, 9.17) is 23.2 Å². The van der Waals surface area contributed by atoms with Crippen LogP contribution >= 0.6 is 23.2 Å². The minimum Gasteiger partial charge on any atom is -0.387 e. The summed E-state index contributed by atoms with van der Waals surface area (Å²) in [5, 5.41) is 13.6. The topological polar surface area (TPSA) is 69.6 Å². The number of likely N-dealkylation sites (tertiary alicyclic amines) is 1. The number of nitrogens with one attached hydrogen (secondary N) is 1. The molecule has 1 aliphatic heterocycles. The minimum absolute atomic E-state index is 0.0102. The maximum atomic E-state index is 12.1. The molecule has 2 amide bonds. The average molecular weight is 345 g/mol. The summed E-state index contributed by atoms with van der Waals surface area (Å²) >= 11 is 11.8. The largest absolute Gasteiger partial charge is 0.387 e. The van der Waals surface area contributed by atoms with Crippen LogP contribution in [-0.2, 0) is 9.59 Å². The molecule has 1 fully saturated rings. The highest BCUT2D eigenvalue weighted by Crippen LogP contribution is 2.26. The van der Waals surface area contributed by atoms with Gasteiger partial charge in [-0.15, -0.1) is 0 Å². The van der Waals surface area contributed by atoms with Gasteiger partial charge in [-0.3, -0.25) is 9.59 Å². The predicted octanol–water partition coefficient (Wildman–Crippen LogP) is 2.01. The first-order chi connectivity index (χ1) is 10.4. The van der Waals surface area contributed by atoms with Gasteiger partial charge in [0.2, 0.25) is 11.8 Å². The molecule has 1 saturated heterocycles. The number of carbonyl (C=O) groups excluding carboxylic acids is 2. The van der Waals surface area contributed by atoms with E-state index in [2.05, 4.69) is 5.32 Å². The van der Waals surface area contributed by atoms with Crippen LogP contribution < -0.4 is 5.32 Å². The van der Waals surface area contributed by atoms with Gasteiger partial charge >= 0.3 is 0 Å². The number of aliphatic hydroxyl groups is 1. The molecule has 7 heteroatoms. The summed E-state index contributed by atoms with van der Waals surface area (Å²) in [5.41, 5.74) is 0.504. The van der Waals surface area contributed by atoms with Crippen molar-refractivity contribution in [3.8, 4) is 0 Å². The van der Waals surface area contributed by atoms with Gasteiger partial charge in [0, 0.05) is 41.7 Å². The normalized spacial score (nSPS) is 19.4. The molecule has 1 heterocycles. The first-order valence-electron chi connectivity index (χ1n) is 7.10. The third-order valence-electron chi connectivity index (χ3n) is 3.76. The Kier molecular flexibility index (Phi) is 5.67. The first kappa shape index (κ1) is 17.1. The molecular weight excluding hydrogens is 327 g/mol. The van der Waals surface area contributed by atoms with Gasteiger partial charge in [0.25, 0.3) is 0 Å². The maximum Gasteiger partial charge on any atom is 0.225 e. The molecule has 2 rings (SSSR count). The van der Waals surface area contributed by atoms with Crippen LogP contribution in [-0.4, -0.2) is 41.5 Å². The molecule has 0 bridgehead atoms. The maximum absolute atomic E-state index is 12.1. The number of amides is 2. The fourth-order valence-corrected chi connectivity index (χ4v) is 3.01. The van der Waals surface area contributed by atoms with Crippen LogP contribution in [0, 0.1) is 5.92 Å². The summed E-state index contributed by atoms with van der Waals surface area (Å²) in [7, 11) is 0. The molecule has 1 aliphatic rings. The smallest absolute Gasteiger partial charge is 0.225 e. The van der Waals surface area contributed by atoms with Crippen LogP contribution in [0.3, 0.4) is 0 Å². The minimum atomic E-state index is -0.923. The van der Waals surface area contributed by atoms with Gasteiger partial charge in [-0.25, -0.2) is 0 Å². The molecule has 0 aliphatic carbocycles. The van der Waals surface area contributed by atoms with E-state index in [0.717, 1.165) is 0 Å². The molecule has 120 valence electrons. The van der Waals surface area contributed by atoms with Crippen LogP contribution in [0.2, 0.25) is 10.0 Å². The summed E-state index contributed by atoms with van der Waals surface area (Å²) in [6, 6.07) is 4.79. The van der Waals surface area contributed by atoms with Crippen LogP contribution in [0.1, 0.15) is 25.0 Å². The summed E-state index contributed by atoms with van der Waals surface area (Å²) in [6.45, 7) is 2.95. The Bertz CT molecular complexity index is 580. The lowest BCUT2D eigenvalue weighted by molar-refractivity contribution is -0.129. The Labute approximate surface area is 139 Å². The molecule has 0 spiro atoms. The highest BCUT2D eigenvalue weighted by Gasteiger charge is 2.33. The van der Waals surface area contributed by atoms with Crippen molar-refractivity contribution in [2.75, 3.05) is 19.6 Å². The summed E-state index contributed by atoms with van der Waals surface area (Å²) in [5.74, 6) is -0.599. The Morgan fingerprint density at radius 3 is 2.82 bits per heavy atom. The van der Waals surface area contributed by atoms with Crippen LogP contribution in [0.5, 0.6) is 0 Å². The number of halogens is 2. The molecule has 2 unspecified atom stereocenters. The molecule has 2 N–H and O–H groups in total. The highest BCUT2D eigenvalue weighted by molar-refractivity contribution is 6.35. The number of hydrogen-bond donors (Lipinski definition) is 2. The first-order valence-corrected chi connectivity index (χ1v) is 7.86. The zero-order chi connectivity index (χ0) is 16.3. The lowest BCUT2D eigenvalue weighted by atomic mass is 10.1. The van der Waals surface area contributed by atoms with E-state index in [1.54, 1.807) is 17.0 Å². The quantitative estimate of drug-likeness (QED) is 0.858. The van der Waals surface area contributed by atoms with E-state index in [9.17, 15) is 14.7 Å². The molecule has 0 aromatic heterocycles. The Hall–Kier alpha value is -1.30. The average Bonchev–Trinajstić information content (AvgIpc) is 2.85. The van der Waals surface area contributed by atoms with Crippen molar-refractivity contribution in [3.05, 3.63) is 33.8 Å². The van der Waals surface area contributed by atoms with Crippen molar-refractivity contribution in [2.45, 2.75) is 19.4 Å². The molecular formula is C15H18Cl2N2O3. The van der Waals surface area contributed by atoms with Crippen molar-refractivity contribution in [1.82, 2.24) is 10.2 Å². The summed E-state index contributed by atoms with van der Waals surface area (Å²) < 4.78 is 0. The van der Waals surface area contributed by atoms with Crippen molar-refractivity contribution in [1.29, 1.82) is 0 Å². The van der Waals surface area contributed by atoms with E-state index in [1.807, 2.05) is 6.92 Å². The highest BCUT2D eigenvalue weighted by atomic mass is 35.5. The fraction of sp³-hybridized carbons (Fsp3) is 0.467. The third kappa shape index (κ3) is 3.91. The van der Waals surface area contributed by atoms with Gasteiger partial charge in [-0.2, -0.15) is 0 Å². The van der Waals surface area contributed by atoms with Crippen LogP contribution in [0.15, 0.2) is 18.2 Å². The predicted molar refractivity (Wildman–Crippen MR) is 84.8 cm³/mol. The second kappa shape index (κ2) is 7.31. The second-order valence-electron chi connectivity index (χ2n) is 5.26. The number of hydrogen-bond acceptors (Lipinski definition) is 3. The third-order valence-corrected chi connectivity index (χ3v) is 4.32. The standard InChI is InChI=1S/C15H18Cl2N2O3/c1-2-19-8-9(5-14(19)21)15(22)18-7-13(20)11-4-3-10(16)6-12(11)17/h3-4,6,9,13,20H,2,5,7-8H2,1H3,(H,18,22). The Balaban J connectivity index is 1.90. The second-order valence-corrected chi connectivity index (χ2v) is 6.10. The van der Waals surface area contributed by atoms with Crippen molar-refractivity contribution < 1.29 is 14.7 Å². The van der Waals surface area contributed by atoms with Gasteiger partial charge in [-0.1, -0.05) is 29.3 Å². The van der Waals surface area contributed by atoms with Gasteiger partial charge in [0.05, 0.1) is 12.0 Å². The number of nitrogens with zero attached hydrogens (tertiary/aromatic N) is 1. The van der Waals surface area contributed by atoms with Crippen molar-refractivity contribution in [2.24, 2.45) is 5.92 Å². The van der Waals surface area contributed by atoms with E-state index in [-0.39, 0.29) is 30.7 Å². The monoisotopic (exact) mass is 344 g/mol. The molecule has 22 heavy (non-hydrogen) atoms. The number of carbonyl (C=O) groups is 2. The van der Waals surface area contributed by atoms with Crippen molar-refractivity contribution in [3.63, 3.8) is 0 Å². The molecule has 1 aromatic rings. The van der Waals surface area contributed by atoms with E-state index < -0.39 is 6.10 Å². The zero-order valence-electron chi connectivity index (χ0n) is 12.2. The molecule has 5 nitrogen and oxygen atoms in total. The van der Waals surface area contributed by atoms with Crippen molar-refractivity contribution >= 4 is 35.0 Å². The summed E-state index contributed by atoms with van der Waals surface area (Å²) in [6.07, 6.45) is -0.703. The molecule has 1 aromatic carbocycles. The lowest BCUT2D eigenvalue weighted by Gasteiger charge is -2.16. The van der Waals surface area contributed by atoms with Gasteiger partial charge < -0.3 is 15.3 Å². The molecule has 0 saturated carbocycles. The Morgan fingerprint density at radius 1 is 1.50 bits per heavy atom. The van der Waals surface area contributed by atoms with Gasteiger partial charge in [0.15, 0.2) is 0 Å². The summed E-state index contributed by atoms with van der Waals surface area (Å²) in [4.78, 5) is 25.3. The van der Waals surface area contributed by atoms with E-state index >= 15 is 0 Å². The fourth-order valence-electron chi connectivity index (χ4n) is 2.48. The SMILES string of the molecule is CCN1CC(C(=O)NCC(O)c2ccc(Cl)cc2Cl)CC1=O. The van der Waals surface area contributed by atoms with Crippen LogP contribution in [0.25, 0.3) is 0 Å². The molecule has 2 atom stereocenters. The van der Waals surface area contributed by atoms with Crippen LogP contribution in [0.4, 0.5) is 0 Å². The number of benzene rings is 1. The lowest BCUT2D eigenvalue weighted by Crippen LogP contribution is -2.35. The van der Waals surface area contributed by atoms with Gasteiger partial charge in [-0.05, 0) is 19.1 Å². The zero-order valence-corrected chi connectivity index (χ0v) is 13.7. The van der Waals surface area contributed by atoms with E-state index in [1.165, 1.54) is 6.07 Å². The number of rotatable bonds is 5. The van der Waals surface area contributed by atoms with E-state index in [0.29, 0.717) is 28.7 Å².